The van der Waals surface area contributed by atoms with Crippen molar-refractivity contribution in [1.82, 2.24) is 15.0 Å². The molecule has 0 fully saturated rings. The molecule has 3 heterocycles. The van der Waals surface area contributed by atoms with Crippen LogP contribution >= 0.6 is 22.7 Å². The zero-order valence-electron chi connectivity index (χ0n) is 32.9. The van der Waals surface area contributed by atoms with Gasteiger partial charge >= 0.3 is 0 Å². The number of hydrogen-bond acceptors (Lipinski definition) is 6. The van der Waals surface area contributed by atoms with Crippen molar-refractivity contribution >= 4 is 80.3 Å². The lowest BCUT2D eigenvalue weighted by atomic mass is 9.82. The molecule has 0 aliphatic heterocycles. The molecule has 284 valence electrons. The molecular weight excluding hydrogens is 769 g/mol. The van der Waals surface area contributed by atoms with E-state index in [1.54, 1.807) is 11.3 Å². The minimum absolute atomic E-state index is 0.187. The molecule has 8 aromatic carbocycles. The molecular formula is C54H36N4S2. The van der Waals surface area contributed by atoms with E-state index in [1.165, 1.54) is 62.6 Å². The fourth-order valence-electron chi connectivity index (χ4n) is 9.19. The zero-order chi connectivity index (χ0) is 40.0. The van der Waals surface area contributed by atoms with Crippen LogP contribution in [0.25, 0.3) is 85.4 Å². The molecule has 0 radical (unpaired) electrons. The second kappa shape index (κ2) is 13.5. The number of rotatable bonds is 6. The van der Waals surface area contributed by atoms with Gasteiger partial charge in [-0.3, -0.25) is 4.90 Å². The summed E-state index contributed by atoms with van der Waals surface area (Å²) < 4.78 is 4.98. The SMILES string of the molecule is CC1(C)c2ccccc2-c2c(N(c3cccc(-c4ccccc4)c3)c3nc(-c4ccc5c(c4)sc4ccccc45)nc(-c4ccc5sc6ccccc6c5c4)n3)cccc21. The molecule has 0 unspecified atom stereocenters. The molecule has 0 saturated carbocycles. The molecule has 1 aliphatic rings. The highest BCUT2D eigenvalue weighted by Crippen LogP contribution is 2.54. The van der Waals surface area contributed by atoms with Gasteiger partial charge in [-0.15, -0.1) is 22.7 Å². The van der Waals surface area contributed by atoms with Gasteiger partial charge in [0.2, 0.25) is 5.95 Å². The summed E-state index contributed by atoms with van der Waals surface area (Å²) in [7, 11) is 0. The first kappa shape index (κ1) is 35.0. The van der Waals surface area contributed by atoms with E-state index >= 15 is 0 Å². The molecule has 12 rings (SSSR count). The molecule has 0 atom stereocenters. The minimum atomic E-state index is -0.187. The third-order valence-electron chi connectivity index (χ3n) is 12.1. The normalized spacial score (nSPS) is 13.0. The Balaban J connectivity index is 1.14. The molecule has 0 saturated heterocycles. The molecule has 60 heavy (non-hydrogen) atoms. The van der Waals surface area contributed by atoms with Crippen LogP contribution in [0.2, 0.25) is 0 Å². The largest absolute Gasteiger partial charge is 0.278 e. The van der Waals surface area contributed by atoms with Crippen LogP contribution < -0.4 is 4.90 Å². The highest BCUT2D eigenvalue weighted by Gasteiger charge is 2.38. The summed E-state index contributed by atoms with van der Waals surface area (Å²) in [6.45, 7) is 4.66. The van der Waals surface area contributed by atoms with Crippen LogP contribution in [-0.4, -0.2) is 15.0 Å². The summed E-state index contributed by atoms with van der Waals surface area (Å²) >= 11 is 3.62. The van der Waals surface area contributed by atoms with E-state index in [1.807, 2.05) is 11.3 Å². The second-order valence-corrected chi connectivity index (χ2v) is 18.2. The molecule has 0 bridgehead atoms. The topological polar surface area (TPSA) is 41.9 Å². The lowest BCUT2D eigenvalue weighted by molar-refractivity contribution is 0.660. The van der Waals surface area contributed by atoms with Crippen molar-refractivity contribution in [2.45, 2.75) is 19.3 Å². The van der Waals surface area contributed by atoms with Crippen molar-refractivity contribution in [2.75, 3.05) is 4.90 Å². The van der Waals surface area contributed by atoms with Crippen LogP contribution in [0.15, 0.2) is 182 Å². The van der Waals surface area contributed by atoms with E-state index in [-0.39, 0.29) is 5.41 Å². The van der Waals surface area contributed by atoms with Gasteiger partial charge in [-0.05, 0) is 82.4 Å². The van der Waals surface area contributed by atoms with Crippen LogP contribution in [0.3, 0.4) is 0 Å². The number of hydrogen-bond donors (Lipinski definition) is 0. The molecule has 0 spiro atoms. The summed E-state index contributed by atoms with van der Waals surface area (Å²) in [6.07, 6.45) is 0. The quantitative estimate of drug-likeness (QED) is 0.168. The van der Waals surface area contributed by atoms with Crippen molar-refractivity contribution in [3.05, 3.63) is 193 Å². The maximum Gasteiger partial charge on any atom is 0.238 e. The van der Waals surface area contributed by atoms with E-state index in [4.69, 9.17) is 15.0 Å². The summed E-state index contributed by atoms with van der Waals surface area (Å²) in [5.74, 6) is 1.81. The summed E-state index contributed by atoms with van der Waals surface area (Å²) in [4.78, 5) is 18.5. The standard InChI is InChI=1S/C54H36N4S2/c1-54(2)43-21-9-6-20-41(43)50-44(54)22-13-23-45(50)58(37-17-12-16-34(30-37)33-14-4-3-5-15-33)53-56-51(35-27-29-48-42(31-35)39-19-8-11-25-47(39)59-48)55-52(57-53)36-26-28-40-38-18-7-10-24-46(38)60-49(40)32-36/h3-32H,1-2H3. The van der Waals surface area contributed by atoms with Gasteiger partial charge in [0.15, 0.2) is 11.6 Å². The van der Waals surface area contributed by atoms with Gasteiger partial charge in [0.25, 0.3) is 0 Å². The molecule has 11 aromatic rings. The van der Waals surface area contributed by atoms with E-state index < -0.39 is 0 Å². The highest BCUT2D eigenvalue weighted by atomic mass is 32.1. The van der Waals surface area contributed by atoms with Crippen LogP contribution in [-0.2, 0) is 5.41 Å². The number of fused-ring (bicyclic) bond motifs is 9. The van der Waals surface area contributed by atoms with Crippen molar-refractivity contribution < 1.29 is 0 Å². The van der Waals surface area contributed by atoms with Crippen molar-refractivity contribution in [3.8, 4) is 45.0 Å². The van der Waals surface area contributed by atoms with Gasteiger partial charge in [-0.2, -0.15) is 9.97 Å². The lowest BCUT2D eigenvalue weighted by Crippen LogP contribution is -2.18. The number of nitrogens with zero attached hydrogens (tertiary/aromatic N) is 4. The van der Waals surface area contributed by atoms with Gasteiger partial charge in [0.1, 0.15) is 0 Å². The van der Waals surface area contributed by atoms with Crippen molar-refractivity contribution in [2.24, 2.45) is 0 Å². The van der Waals surface area contributed by atoms with Crippen molar-refractivity contribution in [1.29, 1.82) is 0 Å². The average molecular weight is 805 g/mol. The second-order valence-electron chi connectivity index (χ2n) is 16.0. The Bertz CT molecular complexity index is 3490. The number of aromatic nitrogens is 3. The first-order chi connectivity index (χ1) is 29.5. The predicted octanol–water partition coefficient (Wildman–Crippen LogP) is 15.4. The van der Waals surface area contributed by atoms with E-state index in [0.29, 0.717) is 17.6 Å². The van der Waals surface area contributed by atoms with Gasteiger partial charge in [0, 0.05) is 68.1 Å². The van der Waals surface area contributed by atoms with Crippen LogP contribution in [0.5, 0.6) is 0 Å². The van der Waals surface area contributed by atoms with E-state index in [2.05, 4.69) is 201 Å². The Morgan fingerprint density at radius 3 is 1.83 bits per heavy atom. The van der Waals surface area contributed by atoms with Crippen molar-refractivity contribution in [3.63, 3.8) is 0 Å². The summed E-state index contributed by atoms with van der Waals surface area (Å²) in [5.41, 5.74) is 11.0. The van der Waals surface area contributed by atoms with Crippen LogP contribution in [0, 0.1) is 0 Å². The van der Waals surface area contributed by atoms with Gasteiger partial charge < -0.3 is 0 Å². The van der Waals surface area contributed by atoms with Crippen LogP contribution in [0.4, 0.5) is 17.3 Å². The fraction of sp³-hybridized carbons (Fsp3) is 0.0556. The number of anilines is 3. The Labute approximate surface area is 355 Å². The molecule has 0 N–H and O–H groups in total. The monoisotopic (exact) mass is 804 g/mol. The number of benzene rings is 8. The molecule has 4 nitrogen and oxygen atoms in total. The third kappa shape index (κ3) is 5.52. The minimum Gasteiger partial charge on any atom is -0.278 e. The van der Waals surface area contributed by atoms with Gasteiger partial charge in [-0.25, -0.2) is 4.98 Å². The third-order valence-corrected chi connectivity index (χ3v) is 14.4. The maximum atomic E-state index is 5.48. The lowest BCUT2D eigenvalue weighted by Gasteiger charge is -2.28. The smallest absolute Gasteiger partial charge is 0.238 e. The van der Waals surface area contributed by atoms with Crippen LogP contribution in [0.1, 0.15) is 25.0 Å². The molecule has 6 heteroatoms. The fourth-order valence-corrected chi connectivity index (χ4v) is 11.4. The zero-order valence-corrected chi connectivity index (χ0v) is 34.6. The highest BCUT2D eigenvalue weighted by molar-refractivity contribution is 7.26. The Kier molecular flexibility index (Phi) is 7.89. The first-order valence-electron chi connectivity index (χ1n) is 20.3. The molecule has 3 aromatic heterocycles. The molecule has 1 aliphatic carbocycles. The van der Waals surface area contributed by atoms with E-state index in [9.17, 15) is 0 Å². The Morgan fingerprint density at radius 1 is 0.417 bits per heavy atom. The summed E-state index contributed by atoms with van der Waals surface area (Å²) in [5, 5.41) is 4.95. The van der Waals surface area contributed by atoms with E-state index in [0.717, 1.165) is 33.6 Å². The summed E-state index contributed by atoms with van der Waals surface area (Å²) in [6, 6.07) is 65.4. The average Bonchev–Trinajstić information content (AvgIpc) is 3.94. The Morgan fingerprint density at radius 2 is 1.02 bits per heavy atom. The first-order valence-corrected chi connectivity index (χ1v) is 21.9. The maximum absolute atomic E-state index is 5.48. The van der Waals surface area contributed by atoms with Gasteiger partial charge in [0.05, 0.1) is 5.69 Å². The number of thiophene rings is 2. The Hall–Kier alpha value is -6.99. The molecule has 0 amide bonds. The predicted molar refractivity (Wildman–Crippen MR) is 254 cm³/mol. The van der Waals surface area contributed by atoms with Gasteiger partial charge in [-0.1, -0.05) is 141 Å².